The second-order valence-corrected chi connectivity index (χ2v) is 4.79. The van der Waals surface area contributed by atoms with E-state index in [1.54, 1.807) is 7.11 Å². The Labute approximate surface area is 109 Å². The highest BCUT2D eigenvalue weighted by Crippen LogP contribution is 2.01. The van der Waals surface area contributed by atoms with Crippen LogP contribution in [0.15, 0.2) is 0 Å². The molecule has 0 aliphatic heterocycles. The molecule has 0 aromatic heterocycles. The standard InChI is InChI=1S/C12H26N2O4/c1-8(2)11(12(13)16)14-5-10(15)7-18-9(3)6-17-4/h8-11,14-15H,5-7H2,1-4H3,(H2,13,16). The summed E-state index contributed by atoms with van der Waals surface area (Å²) in [5, 5.41) is 12.6. The Hall–Kier alpha value is -0.690. The van der Waals surface area contributed by atoms with Gasteiger partial charge in [0.1, 0.15) is 0 Å². The fraction of sp³-hybridized carbons (Fsp3) is 0.917. The third kappa shape index (κ3) is 7.60. The van der Waals surface area contributed by atoms with E-state index in [4.69, 9.17) is 15.2 Å². The van der Waals surface area contributed by atoms with Gasteiger partial charge in [0.05, 0.1) is 31.5 Å². The Balaban J connectivity index is 3.87. The quantitative estimate of drug-likeness (QED) is 0.493. The molecule has 0 spiro atoms. The lowest BCUT2D eigenvalue weighted by Crippen LogP contribution is -2.48. The molecule has 1 amide bonds. The lowest BCUT2D eigenvalue weighted by Gasteiger charge is -2.21. The first-order valence-electron chi connectivity index (χ1n) is 6.19. The number of ether oxygens (including phenoxy) is 2. The van der Waals surface area contributed by atoms with Crippen LogP contribution in [-0.4, -0.2) is 56.1 Å². The van der Waals surface area contributed by atoms with Crippen molar-refractivity contribution < 1.29 is 19.4 Å². The van der Waals surface area contributed by atoms with Crippen LogP contribution in [0.3, 0.4) is 0 Å². The third-order valence-corrected chi connectivity index (χ3v) is 2.52. The Kier molecular flexibility index (Phi) is 8.91. The van der Waals surface area contributed by atoms with Gasteiger partial charge in [-0.1, -0.05) is 13.8 Å². The van der Waals surface area contributed by atoms with Crippen LogP contribution in [-0.2, 0) is 14.3 Å². The van der Waals surface area contributed by atoms with Crippen LogP contribution >= 0.6 is 0 Å². The predicted octanol–water partition coefficient (Wildman–Crippen LogP) is -0.502. The van der Waals surface area contributed by atoms with Crippen LogP contribution < -0.4 is 11.1 Å². The molecule has 0 fully saturated rings. The largest absolute Gasteiger partial charge is 0.389 e. The molecule has 0 aromatic carbocycles. The molecule has 6 heteroatoms. The summed E-state index contributed by atoms with van der Waals surface area (Å²) >= 11 is 0. The average Bonchev–Trinajstić information content (AvgIpc) is 2.26. The maximum Gasteiger partial charge on any atom is 0.234 e. The molecule has 0 aromatic rings. The molecule has 108 valence electrons. The van der Waals surface area contributed by atoms with Crippen LogP contribution in [0.1, 0.15) is 20.8 Å². The van der Waals surface area contributed by atoms with E-state index in [0.717, 1.165) is 0 Å². The van der Waals surface area contributed by atoms with Crippen molar-refractivity contribution in [2.24, 2.45) is 11.7 Å². The highest BCUT2D eigenvalue weighted by molar-refractivity contribution is 5.80. The summed E-state index contributed by atoms with van der Waals surface area (Å²) in [5.41, 5.74) is 5.25. The van der Waals surface area contributed by atoms with Gasteiger partial charge in [0.2, 0.25) is 5.91 Å². The second-order valence-electron chi connectivity index (χ2n) is 4.79. The number of hydrogen-bond acceptors (Lipinski definition) is 5. The van der Waals surface area contributed by atoms with Crippen LogP contribution in [0.5, 0.6) is 0 Å². The van der Waals surface area contributed by atoms with Crippen LogP contribution in [0.2, 0.25) is 0 Å². The molecule has 0 bridgehead atoms. The van der Waals surface area contributed by atoms with Crippen molar-refractivity contribution in [3.05, 3.63) is 0 Å². The van der Waals surface area contributed by atoms with Gasteiger partial charge < -0.3 is 25.6 Å². The normalized spacial score (nSPS) is 16.6. The molecule has 0 aliphatic carbocycles. The third-order valence-electron chi connectivity index (χ3n) is 2.52. The van der Waals surface area contributed by atoms with E-state index < -0.39 is 18.1 Å². The van der Waals surface area contributed by atoms with Crippen molar-refractivity contribution in [2.45, 2.75) is 39.0 Å². The minimum Gasteiger partial charge on any atom is -0.389 e. The topological polar surface area (TPSA) is 93.8 Å². The van der Waals surface area contributed by atoms with Crippen molar-refractivity contribution in [2.75, 3.05) is 26.9 Å². The number of aliphatic hydroxyl groups excluding tert-OH is 1. The number of amides is 1. The van der Waals surface area contributed by atoms with Gasteiger partial charge in [0.25, 0.3) is 0 Å². The number of nitrogens with one attached hydrogen (secondary N) is 1. The molecule has 0 saturated carbocycles. The maximum atomic E-state index is 11.1. The zero-order chi connectivity index (χ0) is 14.1. The van der Waals surface area contributed by atoms with Gasteiger partial charge >= 0.3 is 0 Å². The van der Waals surface area contributed by atoms with E-state index in [-0.39, 0.29) is 25.2 Å². The van der Waals surface area contributed by atoms with Gasteiger partial charge in [0.15, 0.2) is 0 Å². The molecule has 3 unspecified atom stereocenters. The van der Waals surface area contributed by atoms with Gasteiger partial charge in [-0.2, -0.15) is 0 Å². The zero-order valence-corrected chi connectivity index (χ0v) is 11.7. The minimum atomic E-state index is -0.676. The van der Waals surface area contributed by atoms with Gasteiger partial charge in [0, 0.05) is 13.7 Å². The van der Waals surface area contributed by atoms with E-state index in [1.807, 2.05) is 20.8 Å². The molecular weight excluding hydrogens is 236 g/mol. The summed E-state index contributed by atoms with van der Waals surface area (Å²) in [6.45, 7) is 6.60. The Morgan fingerprint density at radius 2 is 1.94 bits per heavy atom. The molecular formula is C12H26N2O4. The molecule has 3 atom stereocenters. The SMILES string of the molecule is COCC(C)OCC(O)CNC(C(N)=O)C(C)C. The Morgan fingerprint density at radius 1 is 1.33 bits per heavy atom. The maximum absolute atomic E-state index is 11.1. The zero-order valence-electron chi connectivity index (χ0n) is 11.7. The number of aliphatic hydroxyl groups is 1. The number of primary amides is 1. The number of nitrogens with two attached hydrogens (primary N) is 1. The monoisotopic (exact) mass is 262 g/mol. The van der Waals surface area contributed by atoms with Gasteiger partial charge in [-0.3, -0.25) is 4.79 Å². The van der Waals surface area contributed by atoms with Crippen molar-refractivity contribution in [1.29, 1.82) is 0 Å². The van der Waals surface area contributed by atoms with E-state index in [9.17, 15) is 9.90 Å². The lowest BCUT2D eigenvalue weighted by molar-refractivity contribution is -0.121. The van der Waals surface area contributed by atoms with E-state index in [2.05, 4.69) is 5.32 Å². The number of carbonyl (C=O) groups excluding carboxylic acids is 1. The number of methoxy groups -OCH3 is 1. The average molecular weight is 262 g/mol. The first kappa shape index (κ1) is 17.3. The molecule has 0 aliphatic rings. The Bertz CT molecular complexity index is 236. The van der Waals surface area contributed by atoms with Gasteiger partial charge in [-0.15, -0.1) is 0 Å². The molecule has 0 radical (unpaired) electrons. The summed E-state index contributed by atoms with van der Waals surface area (Å²) in [5.74, 6) is -0.325. The highest BCUT2D eigenvalue weighted by atomic mass is 16.5. The van der Waals surface area contributed by atoms with Crippen LogP contribution in [0.4, 0.5) is 0 Å². The van der Waals surface area contributed by atoms with E-state index in [0.29, 0.717) is 6.61 Å². The van der Waals surface area contributed by atoms with Crippen molar-refractivity contribution >= 4 is 5.91 Å². The first-order chi connectivity index (χ1) is 8.38. The fourth-order valence-corrected chi connectivity index (χ4v) is 1.54. The van der Waals surface area contributed by atoms with Crippen LogP contribution in [0.25, 0.3) is 0 Å². The second kappa shape index (κ2) is 9.27. The molecule has 4 N–H and O–H groups in total. The summed E-state index contributed by atoms with van der Waals surface area (Å²) in [4.78, 5) is 11.1. The smallest absolute Gasteiger partial charge is 0.234 e. The number of hydrogen-bond donors (Lipinski definition) is 3. The Morgan fingerprint density at radius 3 is 2.39 bits per heavy atom. The molecule has 18 heavy (non-hydrogen) atoms. The van der Waals surface area contributed by atoms with Gasteiger partial charge in [-0.05, 0) is 12.8 Å². The number of carbonyl (C=O) groups is 1. The fourth-order valence-electron chi connectivity index (χ4n) is 1.54. The molecule has 0 heterocycles. The first-order valence-corrected chi connectivity index (χ1v) is 6.19. The number of rotatable bonds is 10. The molecule has 0 saturated heterocycles. The molecule has 0 rings (SSSR count). The summed E-state index contributed by atoms with van der Waals surface area (Å²) in [7, 11) is 1.60. The minimum absolute atomic E-state index is 0.0679. The van der Waals surface area contributed by atoms with Crippen LogP contribution in [0, 0.1) is 5.92 Å². The lowest BCUT2D eigenvalue weighted by atomic mass is 10.0. The van der Waals surface area contributed by atoms with E-state index >= 15 is 0 Å². The van der Waals surface area contributed by atoms with Crippen molar-refractivity contribution in [1.82, 2.24) is 5.32 Å². The van der Waals surface area contributed by atoms with E-state index in [1.165, 1.54) is 0 Å². The molecule has 6 nitrogen and oxygen atoms in total. The summed E-state index contributed by atoms with van der Waals surface area (Å²) in [6.07, 6.45) is -0.744. The van der Waals surface area contributed by atoms with Gasteiger partial charge in [-0.25, -0.2) is 0 Å². The van der Waals surface area contributed by atoms with Crippen molar-refractivity contribution in [3.63, 3.8) is 0 Å². The highest BCUT2D eigenvalue weighted by Gasteiger charge is 2.20. The van der Waals surface area contributed by atoms with Crippen molar-refractivity contribution in [3.8, 4) is 0 Å². The summed E-state index contributed by atoms with van der Waals surface area (Å²) < 4.78 is 10.3. The predicted molar refractivity (Wildman–Crippen MR) is 69.1 cm³/mol. The summed E-state index contributed by atoms with van der Waals surface area (Å²) in [6, 6.07) is -0.434.